The molecule has 0 saturated heterocycles. The number of fused-ring (bicyclic) bond motifs is 1. The number of aromatic amines is 1. The van der Waals surface area contributed by atoms with Crippen LogP contribution < -0.4 is 4.74 Å². The molecule has 2 N–H and O–H groups in total. The zero-order valence-electron chi connectivity index (χ0n) is 10.1. The average molecular weight is 233 g/mol. The molecule has 1 aromatic carbocycles. The van der Waals surface area contributed by atoms with Gasteiger partial charge in [-0.1, -0.05) is 0 Å². The van der Waals surface area contributed by atoms with E-state index in [1.807, 2.05) is 25.1 Å². The van der Waals surface area contributed by atoms with Gasteiger partial charge >= 0.3 is 5.97 Å². The lowest BCUT2D eigenvalue weighted by Crippen LogP contribution is -2.08. The van der Waals surface area contributed by atoms with Gasteiger partial charge in [-0.05, 0) is 37.6 Å². The quantitative estimate of drug-likeness (QED) is 0.856. The van der Waals surface area contributed by atoms with Crippen molar-refractivity contribution in [2.24, 2.45) is 0 Å². The fourth-order valence-corrected chi connectivity index (χ4v) is 2.14. The summed E-state index contributed by atoms with van der Waals surface area (Å²) < 4.78 is 5.17. The van der Waals surface area contributed by atoms with Crippen molar-refractivity contribution in [3.05, 3.63) is 29.5 Å². The predicted molar refractivity (Wildman–Crippen MR) is 65.6 cm³/mol. The van der Waals surface area contributed by atoms with Crippen molar-refractivity contribution < 1.29 is 14.6 Å². The third-order valence-electron chi connectivity index (χ3n) is 3.05. The van der Waals surface area contributed by atoms with Crippen molar-refractivity contribution in [2.75, 3.05) is 7.11 Å². The number of hydrogen-bond donors (Lipinski definition) is 2. The number of aliphatic carboxylic acids is 1. The molecule has 2 rings (SSSR count). The van der Waals surface area contributed by atoms with Crippen LogP contribution in [0.2, 0.25) is 0 Å². The molecule has 0 aliphatic rings. The topological polar surface area (TPSA) is 62.3 Å². The van der Waals surface area contributed by atoms with Crippen molar-refractivity contribution in [1.29, 1.82) is 0 Å². The summed E-state index contributed by atoms with van der Waals surface area (Å²) in [5.41, 5.74) is 2.65. The van der Waals surface area contributed by atoms with Crippen LogP contribution in [0.4, 0.5) is 0 Å². The highest BCUT2D eigenvalue weighted by Crippen LogP contribution is 2.31. The van der Waals surface area contributed by atoms with Crippen LogP contribution in [-0.2, 0) is 4.79 Å². The summed E-state index contributed by atoms with van der Waals surface area (Å²) in [6, 6.07) is 5.63. The molecule has 4 heteroatoms. The number of nitrogens with one attached hydrogen (secondary N) is 1. The van der Waals surface area contributed by atoms with E-state index < -0.39 is 11.9 Å². The lowest BCUT2D eigenvalue weighted by Gasteiger charge is -2.07. The number of carboxylic acids is 1. The van der Waals surface area contributed by atoms with Crippen molar-refractivity contribution >= 4 is 16.9 Å². The third-order valence-corrected chi connectivity index (χ3v) is 3.05. The second-order valence-electron chi connectivity index (χ2n) is 4.14. The van der Waals surface area contributed by atoms with E-state index in [9.17, 15) is 4.79 Å². The minimum atomic E-state index is -0.822. The van der Waals surface area contributed by atoms with E-state index in [0.717, 1.165) is 27.9 Å². The summed E-state index contributed by atoms with van der Waals surface area (Å²) >= 11 is 0. The van der Waals surface area contributed by atoms with Gasteiger partial charge in [0.2, 0.25) is 0 Å². The maximum atomic E-state index is 11.1. The lowest BCUT2D eigenvalue weighted by atomic mass is 9.98. The van der Waals surface area contributed by atoms with Crippen LogP contribution in [0.15, 0.2) is 18.2 Å². The van der Waals surface area contributed by atoms with Crippen LogP contribution in [0.5, 0.6) is 5.75 Å². The third kappa shape index (κ3) is 1.86. The molecule has 90 valence electrons. The fourth-order valence-electron chi connectivity index (χ4n) is 2.14. The molecule has 1 unspecified atom stereocenters. The molecule has 1 atom stereocenters. The molecule has 0 fully saturated rings. The molecule has 4 nitrogen and oxygen atoms in total. The molecule has 1 aromatic heterocycles. The monoisotopic (exact) mass is 233 g/mol. The Kier molecular flexibility index (Phi) is 2.79. The van der Waals surface area contributed by atoms with E-state index in [2.05, 4.69) is 4.98 Å². The lowest BCUT2D eigenvalue weighted by molar-refractivity contribution is -0.138. The van der Waals surface area contributed by atoms with E-state index in [4.69, 9.17) is 9.84 Å². The fraction of sp³-hybridized carbons (Fsp3) is 0.308. The minimum Gasteiger partial charge on any atom is -0.497 e. The van der Waals surface area contributed by atoms with Crippen molar-refractivity contribution in [3.8, 4) is 5.75 Å². The summed E-state index contributed by atoms with van der Waals surface area (Å²) in [6.07, 6.45) is 0. The Morgan fingerprint density at radius 3 is 2.76 bits per heavy atom. The Balaban J connectivity index is 2.68. The Bertz CT molecular complexity index is 571. The number of hydrogen-bond acceptors (Lipinski definition) is 2. The molecule has 2 aromatic rings. The van der Waals surface area contributed by atoms with Gasteiger partial charge in [0.05, 0.1) is 13.0 Å². The standard InChI is InChI=1S/C13H15NO3/c1-7(13(15)16)12-8(2)14-11-5-4-9(17-3)6-10(11)12/h4-7,14H,1-3H3,(H,15,16). The van der Waals surface area contributed by atoms with Crippen LogP contribution in [0.3, 0.4) is 0 Å². The molecule has 0 radical (unpaired) electrons. The summed E-state index contributed by atoms with van der Waals surface area (Å²) in [7, 11) is 1.60. The first-order valence-corrected chi connectivity index (χ1v) is 5.43. The van der Waals surface area contributed by atoms with E-state index in [-0.39, 0.29) is 0 Å². The highest BCUT2D eigenvalue weighted by molar-refractivity contribution is 5.91. The highest BCUT2D eigenvalue weighted by Gasteiger charge is 2.20. The average Bonchev–Trinajstić information content (AvgIpc) is 2.62. The maximum Gasteiger partial charge on any atom is 0.310 e. The number of aromatic nitrogens is 1. The summed E-state index contributed by atoms with van der Waals surface area (Å²) in [4.78, 5) is 14.3. The van der Waals surface area contributed by atoms with Gasteiger partial charge in [0.15, 0.2) is 0 Å². The number of rotatable bonds is 3. The number of benzene rings is 1. The first kappa shape index (κ1) is 11.5. The first-order chi connectivity index (χ1) is 8.04. The SMILES string of the molecule is COc1ccc2[nH]c(C)c(C(C)C(=O)O)c2c1. The van der Waals surface area contributed by atoms with Gasteiger partial charge in [-0.2, -0.15) is 0 Å². The van der Waals surface area contributed by atoms with Gasteiger partial charge < -0.3 is 14.8 Å². The molecular formula is C13H15NO3. The first-order valence-electron chi connectivity index (χ1n) is 5.43. The minimum absolute atomic E-state index is 0.532. The van der Waals surface area contributed by atoms with E-state index in [1.54, 1.807) is 14.0 Å². The Hall–Kier alpha value is -1.97. The maximum absolute atomic E-state index is 11.1. The van der Waals surface area contributed by atoms with Gasteiger partial charge in [0.1, 0.15) is 5.75 Å². The van der Waals surface area contributed by atoms with Gasteiger partial charge in [0, 0.05) is 16.6 Å². The Labute approximate surface area is 99.2 Å². The zero-order chi connectivity index (χ0) is 12.6. The number of carboxylic acid groups (broad SMARTS) is 1. The van der Waals surface area contributed by atoms with Gasteiger partial charge in [-0.25, -0.2) is 0 Å². The van der Waals surface area contributed by atoms with Crippen molar-refractivity contribution in [2.45, 2.75) is 19.8 Å². The number of aryl methyl sites for hydroxylation is 1. The highest BCUT2D eigenvalue weighted by atomic mass is 16.5. The molecule has 0 bridgehead atoms. The molecule has 0 aliphatic carbocycles. The summed E-state index contributed by atoms with van der Waals surface area (Å²) in [5, 5.41) is 10.0. The number of ether oxygens (including phenoxy) is 1. The number of methoxy groups -OCH3 is 1. The van der Waals surface area contributed by atoms with Crippen LogP contribution in [0.1, 0.15) is 24.1 Å². The molecule has 17 heavy (non-hydrogen) atoms. The van der Waals surface area contributed by atoms with Crippen LogP contribution >= 0.6 is 0 Å². The van der Waals surface area contributed by atoms with Crippen molar-refractivity contribution in [1.82, 2.24) is 4.98 Å². The Morgan fingerprint density at radius 2 is 2.18 bits per heavy atom. The van der Waals surface area contributed by atoms with Gasteiger partial charge in [-0.15, -0.1) is 0 Å². The van der Waals surface area contributed by atoms with Gasteiger partial charge in [-0.3, -0.25) is 4.79 Å². The summed E-state index contributed by atoms with van der Waals surface area (Å²) in [5.74, 6) is -0.622. The predicted octanol–water partition coefficient (Wildman–Crippen LogP) is 2.67. The smallest absolute Gasteiger partial charge is 0.310 e. The van der Waals surface area contributed by atoms with E-state index >= 15 is 0 Å². The van der Waals surface area contributed by atoms with Crippen LogP contribution in [0, 0.1) is 6.92 Å². The largest absolute Gasteiger partial charge is 0.497 e. The van der Waals surface area contributed by atoms with Crippen molar-refractivity contribution in [3.63, 3.8) is 0 Å². The molecule has 1 heterocycles. The number of carbonyl (C=O) groups is 1. The summed E-state index contributed by atoms with van der Waals surface area (Å²) in [6.45, 7) is 3.58. The van der Waals surface area contributed by atoms with Crippen LogP contribution in [-0.4, -0.2) is 23.2 Å². The second-order valence-corrected chi connectivity index (χ2v) is 4.14. The zero-order valence-corrected chi connectivity index (χ0v) is 10.1. The second kappa shape index (κ2) is 4.13. The normalized spacial score (nSPS) is 12.6. The van der Waals surface area contributed by atoms with Gasteiger partial charge in [0.25, 0.3) is 0 Å². The van der Waals surface area contributed by atoms with E-state index in [1.165, 1.54) is 0 Å². The Morgan fingerprint density at radius 1 is 1.47 bits per heavy atom. The van der Waals surface area contributed by atoms with Crippen LogP contribution in [0.25, 0.3) is 10.9 Å². The van der Waals surface area contributed by atoms with E-state index in [0.29, 0.717) is 0 Å². The molecule has 0 aliphatic heterocycles. The molecule has 0 saturated carbocycles. The number of H-pyrrole nitrogens is 1. The molecule has 0 spiro atoms. The molecular weight excluding hydrogens is 218 g/mol. The molecule has 0 amide bonds.